The van der Waals surface area contributed by atoms with E-state index in [1.165, 1.54) is 0 Å². The van der Waals surface area contributed by atoms with Crippen molar-refractivity contribution in [2.45, 2.75) is 19.3 Å². The molecule has 0 saturated carbocycles. The molecule has 21 heavy (non-hydrogen) atoms. The number of nitrogens with one attached hydrogen (secondary N) is 1. The number of likely N-dealkylation sites (N-methyl/N-ethyl adjacent to an activating group) is 1. The van der Waals surface area contributed by atoms with E-state index >= 15 is 0 Å². The van der Waals surface area contributed by atoms with Gasteiger partial charge in [-0.15, -0.1) is 0 Å². The van der Waals surface area contributed by atoms with Crippen LogP contribution in [0.25, 0.3) is 10.9 Å². The normalized spacial score (nSPS) is 28.0. The summed E-state index contributed by atoms with van der Waals surface area (Å²) in [5.41, 5.74) is 1.54. The Morgan fingerprint density at radius 3 is 2.90 bits per heavy atom. The molecule has 1 aromatic heterocycles. The van der Waals surface area contributed by atoms with Gasteiger partial charge in [-0.05, 0) is 19.9 Å². The molecule has 2 aromatic rings. The molecule has 1 aromatic carbocycles. The smallest absolute Gasteiger partial charge is 0.258 e. The minimum absolute atomic E-state index is 0.174. The molecule has 0 amide bonds. The predicted octanol–water partition coefficient (Wildman–Crippen LogP) is 1.58. The second-order valence-corrected chi connectivity index (χ2v) is 6.29. The Bertz CT molecular complexity index is 782. The van der Waals surface area contributed by atoms with E-state index in [9.17, 15) is 10.0 Å². The zero-order chi connectivity index (χ0) is 15.4. The Kier molecular flexibility index (Phi) is 2.95. The highest BCUT2D eigenvalue weighted by atomic mass is 16.5. The van der Waals surface area contributed by atoms with Gasteiger partial charge in [0.2, 0.25) is 0 Å². The molecule has 0 bridgehead atoms. The largest absolute Gasteiger partial charge is 0.627 e. The van der Waals surface area contributed by atoms with E-state index in [1.54, 1.807) is 33.2 Å². The lowest BCUT2D eigenvalue weighted by Crippen LogP contribution is -2.43. The first kappa shape index (κ1) is 14.2. The van der Waals surface area contributed by atoms with E-state index < -0.39 is 10.1 Å². The predicted molar refractivity (Wildman–Crippen MR) is 82.3 cm³/mol. The van der Waals surface area contributed by atoms with Crippen LogP contribution in [0, 0.1) is 12.1 Å². The topological polar surface area (TPSA) is 78.0 Å². The molecule has 6 nitrogen and oxygen atoms in total. The van der Waals surface area contributed by atoms with Crippen LogP contribution in [0.15, 0.2) is 16.9 Å². The molecule has 1 aliphatic rings. The van der Waals surface area contributed by atoms with Gasteiger partial charge in [-0.1, -0.05) is 0 Å². The summed E-state index contributed by atoms with van der Waals surface area (Å²) in [5, 5.41) is 13.3. The number of rotatable bonds is 2. The van der Waals surface area contributed by atoms with Crippen LogP contribution in [0.1, 0.15) is 18.3 Å². The molecule has 1 aliphatic heterocycles. The quantitative estimate of drug-likeness (QED) is 0.672. The van der Waals surface area contributed by atoms with Crippen LogP contribution < -0.4 is 10.2 Å². The summed E-state index contributed by atoms with van der Waals surface area (Å²) in [5.74, 6) is 0.546. The summed E-state index contributed by atoms with van der Waals surface area (Å²) in [4.78, 5) is 19.2. The summed E-state index contributed by atoms with van der Waals surface area (Å²) in [6, 6.07) is 3.55. The highest BCUT2D eigenvalue weighted by molar-refractivity contribution is 5.84. The molecular weight excluding hydrogens is 270 g/mol. The number of benzene rings is 1. The number of hydroxylamine groups is 2. The third-order valence-electron chi connectivity index (χ3n) is 4.21. The molecule has 112 valence electrons. The highest BCUT2D eigenvalue weighted by Gasteiger charge is 2.45. The van der Waals surface area contributed by atoms with Crippen molar-refractivity contribution in [1.82, 2.24) is 14.6 Å². The van der Waals surface area contributed by atoms with Gasteiger partial charge in [0.15, 0.2) is 0 Å². The van der Waals surface area contributed by atoms with Crippen molar-refractivity contribution in [3.8, 4) is 0 Å². The third kappa shape index (κ3) is 2.07. The molecule has 2 atom stereocenters. The third-order valence-corrected chi connectivity index (χ3v) is 4.21. The summed E-state index contributed by atoms with van der Waals surface area (Å²) < 4.78 is 4.82. The Balaban J connectivity index is 2.35. The molecule has 2 heterocycles. The lowest BCUT2D eigenvalue weighted by molar-refractivity contribution is 0.134. The Hall–Kier alpha value is -1.76. The minimum Gasteiger partial charge on any atom is -0.627 e. The van der Waals surface area contributed by atoms with Crippen molar-refractivity contribution < 1.29 is 4.74 Å². The van der Waals surface area contributed by atoms with Gasteiger partial charge in [0.05, 0.1) is 36.5 Å². The number of hydrogen-bond acceptors (Lipinski definition) is 4. The van der Waals surface area contributed by atoms with Gasteiger partial charge < -0.3 is 19.6 Å². The van der Waals surface area contributed by atoms with Crippen LogP contribution in [0.2, 0.25) is 0 Å². The summed E-state index contributed by atoms with van der Waals surface area (Å²) in [6.45, 7) is 4.56. The molecule has 3 rings (SSSR count). The van der Waals surface area contributed by atoms with Crippen molar-refractivity contribution >= 4 is 16.6 Å². The highest BCUT2D eigenvalue weighted by Crippen LogP contribution is 2.45. The van der Waals surface area contributed by atoms with Gasteiger partial charge in [-0.2, -0.15) is 0 Å². The fraction of sp³-hybridized carbons (Fsp3) is 0.467. The van der Waals surface area contributed by atoms with Gasteiger partial charge in [0, 0.05) is 18.7 Å². The van der Waals surface area contributed by atoms with Crippen molar-refractivity contribution in [1.29, 1.82) is 0 Å². The summed E-state index contributed by atoms with van der Waals surface area (Å²) >= 11 is 0. The van der Waals surface area contributed by atoms with Gasteiger partial charge in [0.25, 0.3) is 5.56 Å². The van der Waals surface area contributed by atoms with Crippen LogP contribution in [0.3, 0.4) is 0 Å². The van der Waals surface area contributed by atoms with Crippen LogP contribution in [0.5, 0.6) is 0 Å². The van der Waals surface area contributed by atoms with Gasteiger partial charge >= 0.3 is 0 Å². The number of methoxy groups -OCH3 is 1. The number of nitrogens with zero attached hydrogens (tertiary/aromatic N) is 2. The zero-order valence-corrected chi connectivity index (χ0v) is 12.7. The number of hydrogen-bond donors (Lipinski definition) is 1. The number of H-pyrrole nitrogens is 1. The van der Waals surface area contributed by atoms with Gasteiger partial charge in [-0.25, -0.2) is 4.98 Å². The van der Waals surface area contributed by atoms with Crippen molar-refractivity contribution in [2.24, 2.45) is 0 Å². The average Bonchev–Trinajstić information content (AvgIpc) is 2.55. The maximum Gasteiger partial charge on any atom is 0.258 e. The maximum absolute atomic E-state index is 12.8. The van der Waals surface area contributed by atoms with Crippen LogP contribution >= 0.6 is 0 Å². The van der Waals surface area contributed by atoms with Crippen LogP contribution in [-0.2, 0) is 10.2 Å². The maximum atomic E-state index is 12.8. The van der Waals surface area contributed by atoms with Crippen molar-refractivity contribution in [3.05, 3.63) is 39.1 Å². The van der Waals surface area contributed by atoms with Crippen molar-refractivity contribution in [2.75, 3.05) is 27.3 Å². The molecule has 0 radical (unpaired) electrons. The number of aromatic amines is 1. The van der Waals surface area contributed by atoms with Crippen LogP contribution in [-0.4, -0.2) is 37.3 Å². The van der Waals surface area contributed by atoms with Gasteiger partial charge in [-0.3, -0.25) is 4.79 Å². The molecule has 1 N–H and O–H groups in total. The molecular formula is C15H19N3O3. The molecule has 0 fully saturated rings. The fourth-order valence-electron chi connectivity index (χ4n) is 3.44. The molecule has 0 spiro atoms. The molecule has 6 heteroatoms. The average molecular weight is 289 g/mol. The van der Waals surface area contributed by atoms with E-state index in [0.29, 0.717) is 35.6 Å². The van der Waals surface area contributed by atoms with Crippen LogP contribution in [0.4, 0.5) is 5.69 Å². The van der Waals surface area contributed by atoms with E-state index in [0.717, 1.165) is 5.56 Å². The lowest BCUT2D eigenvalue weighted by atomic mass is 9.85. The molecule has 0 saturated heterocycles. The first-order chi connectivity index (χ1) is 9.77. The standard InChI is InChI=1S/C15H19N3O3/c1-9-16-12-6-13-11(5-10(12)14(19)17-9)15(2,8-21-4)7-18(13,3)20/h5-6H,7-8H2,1-4H3,(H,16,17,19). The Morgan fingerprint density at radius 1 is 1.52 bits per heavy atom. The number of aromatic nitrogens is 2. The summed E-state index contributed by atoms with van der Waals surface area (Å²) in [7, 11) is 3.25. The molecule has 2 unspecified atom stereocenters. The van der Waals surface area contributed by atoms with E-state index in [1.807, 2.05) is 6.92 Å². The first-order valence-corrected chi connectivity index (χ1v) is 6.88. The van der Waals surface area contributed by atoms with E-state index in [4.69, 9.17) is 4.74 Å². The van der Waals surface area contributed by atoms with E-state index in [-0.39, 0.29) is 5.56 Å². The fourth-order valence-corrected chi connectivity index (χ4v) is 3.44. The number of fused-ring (bicyclic) bond motifs is 2. The van der Waals surface area contributed by atoms with Gasteiger partial charge in [0.1, 0.15) is 11.5 Å². The second-order valence-electron chi connectivity index (χ2n) is 6.29. The second kappa shape index (κ2) is 4.37. The number of ether oxygens (including phenoxy) is 1. The molecule has 0 aliphatic carbocycles. The summed E-state index contributed by atoms with van der Waals surface area (Å²) in [6.07, 6.45) is 0. The first-order valence-electron chi connectivity index (χ1n) is 6.88. The number of aryl methyl sites for hydroxylation is 1. The zero-order valence-electron chi connectivity index (χ0n) is 12.7. The Morgan fingerprint density at radius 2 is 2.24 bits per heavy atom. The monoisotopic (exact) mass is 289 g/mol. The minimum atomic E-state index is -0.474. The van der Waals surface area contributed by atoms with E-state index in [2.05, 4.69) is 9.97 Å². The van der Waals surface area contributed by atoms with Crippen molar-refractivity contribution in [3.63, 3.8) is 0 Å². The number of quaternary nitrogens is 1. The SMILES string of the molecule is COCC1(C)C[N+](C)([O-])c2cc3nc(C)[nH]c(=O)c3cc21. The lowest BCUT2D eigenvalue weighted by Gasteiger charge is -2.35. The Labute approximate surface area is 122 Å².